The predicted molar refractivity (Wildman–Crippen MR) is 178 cm³/mol. The fourth-order valence-electron chi connectivity index (χ4n) is 4.82. The third kappa shape index (κ3) is 5.90. The lowest BCUT2D eigenvalue weighted by Crippen LogP contribution is -2.04. The van der Waals surface area contributed by atoms with Gasteiger partial charge >= 0.3 is 0 Å². The molecule has 2 heterocycles. The number of halogens is 2. The fourth-order valence-corrected chi connectivity index (χ4v) is 7.92. The van der Waals surface area contributed by atoms with Crippen LogP contribution >= 0.6 is 31.9 Å². The van der Waals surface area contributed by atoms with Crippen molar-refractivity contribution in [1.82, 2.24) is 9.97 Å². The molecular formula is C34H22Br2N2O4S2. The van der Waals surface area contributed by atoms with Crippen molar-refractivity contribution in [2.45, 2.75) is 19.6 Å². The van der Waals surface area contributed by atoms with Crippen LogP contribution in [-0.2, 0) is 19.7 Å². The first-order chi connectivity index (χ1) is 21.1. The molecule has 6 rings (SSSR count). The number of rotatable bonds is 7. The minimum Gasteiger partial charge on any atom is -0.256 e. The Bertz CT molecular complexity index is 2030. The van der Waals surface area contributed by atoms with E-state index in [1.165, 1.54) is 0 Å². The van der Waals surface area contributed by atoms with E-state index in [2.05, 4.69) is 41.8 Å². The van der Waals surface area contributed by atoms with E-state index in [4.69, 9.17) is 0 Å². The van der Waals surface area contributed by atoms with Crippen molar-refractivity contribution in [3.05, 3.63) is 143 Å². The summed E-state index contributed by atoms with van der Waals surface area (Å²) in [7, 11) is -7.70. The number of hydrogen-bond donors (Lipinski definition) is 0. The highest BCUT2D eigenvalue weighted by Gasteiger charge is 2.24. The lowest BCUT2D eigenvalue weighted by atomic mass is 9.92. The van der Waals surface area contributed by atoms with Gasteiger partial charge in [0.15, 0.2) is 0 Å². The summed E-state index contributed by atoms with van der Waals surface area (Å²) in [6.45, 7) is 0. The van der Waals surface area contributed by atoms with Crippen molar-refractivity contribution in [1.29, 1.82) is 0 Å². The summed E-state index contributed by atoms with van der Waals surface area (Å²) in [4.78, 5) is 9.61. The van der Waals surface area contributed by atoms with Crippen LogP contribution < -0.4 is 0 Å². The van der Waals surface area contributed by atoms with Gasteiger partial charge in [-0.2, -0.15) is 0 Å². The highest BCUT2D eigenvalue weighted by atomic mass is 79.9. The molecule has 0 fully saturated rings. The van der Waals surface area contributed by atoms with Crippen LogP contribution in [-0.4, -0.2) is 26.8 Å². The first-order valence-electron chi connectivity index (χ1n) is 13.3. The van der Waals surface area contributed by atoms with Crippen molar-refractivity contribution >= 4 is 51.5 Å². The maximum Gasteiger partial charge on any atom is 0.206 e. The zero-order valence-electron chi connectivity index (χ0n) is 22.8. The van der Waals surface area contributed by atoms with Gasteiger partial charge in [0.05, 0.1) is 31.0 Å². The normalized spacial score (nSPS) is 11.8. The molecule has 6 aromatic rings. The van der Waals surface area contributed by atoms with Gasteiger partial charge in [0, 0.05) is 32.5 Å². The minimum atomic E-state index is -3.85. The van der Waals surface area contributed by atoms with Crippen LogP contribution in [0.25, 0.3) is 33.6 Å². The number of aromatic nitrogens is 2. The summed E-state index contributed by atoms with van der Waals surface area (Å²) in [6, 6.07) is 33.6. The summed E-state index contributed by atoms with van der Waals surface area (Å²) in [5, 5.41) is 0. The number of sulfone groups is 2. The zero-order valence-corrected chi connectivity index (χ0v) is 27.6. The van der Waals surface area contributed by atoms with E-state index in [9.17, 15) is 16.8 Å². The minimum absolute atomic E-state index is 0.109. The number of hydrogen-bond acceptors (Lipinski definition) is 6. The zero-order chi connectivity index (χ0) is 30.9. The Morgan fingerprint density at radius 1 is 0.409 bits per heavy atom. The summed E-state index contributed by atoms with van der Waals surface area (Å²) >= 11 is 6.72. The van der Waals surface area contributed by atoms with Crippen LogP contribution in [0.2, 0.25) is 0 Å². The van der Waals surface area contributed by atoms with E-state index in [1.807, 2.05) is 24.3 Å². The Kier molecular flexibility index (Phi) is 8.34. The molecule has 0 aliphatic carbocycles. The first kappa shape index (κ1) is 30.1. The second kappa shape index (κ2) is 12.2. The molecule has 4 aromatic carbocycles. The summed E-state index contributed by atoms with van der Waals surface area (Å²) < 4.78 is 56.2. The number of benzene rings is 4. The Morgan fingerprint density at radius 3 is 1.11 bits per heavy atom. The van der Waals surface area contributed by atoms with Crippen molar-refractivity contribution in [2.75, 3.05) is 0 Å². The summed E-state index contributed by atoms with van der Waals surface area (Å²) in [6.07, 6.45) is 3.28. The molecule has 0 saturated heterocycles. The molecule has 0 bridgehead atoms. The second-order valence-electron chi connectivity index (χ2n) is 9.76. The molecule has 6 nitrogen and oxygen atoms in total. The summed E-state index contributed by atoms with van der Waals surface area (Å²) in [5.74, 6) is 0. The van der Waals surface area contributed by atoms with Gasteiger partial charge in [-0.15, -0.1) is 0 Å². The van der Waals surface area contributed by atoms with E-state index < -0.39 is 19.7 Å². The van der Waals surface area contributed by atoms with E-state index in [0.29, 0.717) is 33.6 Å². The van der Waals surface area contributed by atoms with Gasteiger partial charge < -0.3 is 0 Å². The molecule has 10 heteroatoms. The van der Waals surface area contributed by atoms with Gasteiger partial charge in [0.1, 0.15) is 0 Å². The SMILES string of the molecule is O=S(=O)(c1ccc(Br)cc1)c1ccc(-c2ccc(S(=O)(=O)c3ccc(Br)cc3)cc2-c2ccccn2)c(-c2ccccn2)c1. The molecule has 218 valence electrons. The molecule has 0 N–H and O–H groups in total. The highest BCUT2D eigenvalue weighted by Crippen LogP contribution is 2.40. The van der Waals surface area contributed by atoms with Crippen molar-refractivity contribution in [3.8, 4) is 33.6 Å². The largest absolute Gasteiger partial charge is 0.256 e. The molecule has 0 aliphatic heterocycles. The maximum absolute atomic E-state index is 13.7. The molecule has 2 aromatic heterocycles. The van der Waals surface area contributed by atoms with E-state index >= 15 is 0 Å². The lowest BCUT2D eigenvalue weighted by molar-refractivity contribution is 0.594. The second-order valence-corrected chi connectivity index (χ2v) is 15.5. The average Bonchev–Trinajstić information content (AvgIpc) is 3.05. The third-order valence-corrected chi connectivity index (χ3v) is 11.6. The molecule has 0 saturated carbocycles. The average molecular weight is 747 g/mol. The smallest absolute Gasteiger partial charge is 0.206 e. The molecular weight excluding hydrogens is 724 g/mol. The fraction of sp³-hybridized carbons (Fsp3) is 0. The van der Waals surface area contributed by atoms with Crippen LogP contribution in [0.5, 0.6) is 0 Å². The molecule has 0 unspecified atom stereocenters. The van der Waals surface area contributed by atoms with Crippen molar-refractivity contribution in [3.63, 3.8) is 0 Å². The Balaban J connectivity index is 1.57. The van der Waals surface area contributed by atoms with Gasteiger partial charge in [-0.05, 0) is 108 Å². The monoisotopic (exact) mass is 744 g/mol. The highest BCUT2D eigenvalue weighted by molar-refractivity contribution is 9.10. The van der Waals surface area contributed by atoms with Gasteiger partial charge in [0.25, 0.3) is 0 Å². The van der Waals surface area contributed by atoms with Gasteiger partial charge in [0.2, 0.25) is 19.7 Å². The van der Waals surface area contributed by atoms with Crippen LogP contribution in [0.1, 0.15) is 0 Å². The van der Waals surface area contributed by atoms with Crippen LogP contribution in [0, 0.1) is 0 Å². The van der Waals surface area contributed by atoms with E-state index in [1.54, 1.807) is 109 Å². The maximum atomic E-state index is 13.7. The van der Waals surface area contributed by atoms with Crippen LogP contribution in [0.15, 0.2) is 162 Å². The van der Waals surface area contributed by atoms with Crippen LogP contribution in [0.4, 0.5) is 0 Å². The number of nitrogens with zero attached hydrogens (tertiary/aromatic N) is 2. The third-order valence-electron chi connectivity index (χ3n) is 7.02. The standard InChI is InChI=1S/C34H22Br2N2O4S2/c35-23-7-11-25(12-8-23)43(39,40)27-15-17-29(31(21-27)33-5-1-3-19-37-33)30-18-16-28(22-32(30)34-6-2-4-20-38-34)44(41,42)26-13-9-24(36)10-14-26/h1-22H. The van der Waals surface area contributed by atoms with Gasteiger partial charge in [-0.1, -0.05) is 56.1 Å². The Morgan fingerprint density at radius 2 is 0.773 bits per heavy atom. The van der Waals surface area contributed by atoms with Crippen LogP contribution in [0.3, 0.4) is 0 Å². The molecule has 0 radical (unpaired) electrons. The van der Waals surface area contributed by atoms with Gasteiger partial charge in [-0.3, -0.25) is 9.97 Å². The van der Waals surface area contributed by atoms with E-state index in [0.717, 1.165) is 8.95 Å². The topological polar surface area (TPSA) is 94.1 Å². The predicted octanol–water partition coefficient (Wildman–Crippen LogP) is 8.67. The molecule has 0 aliphatic rings. The quantitative estimate of drug-likeness (QED) is 0.162. The summed E-state index contributed by atoms with van der Waals surface area (Å²) in [5.41, 5.74) is 3.62. The van der Waals surface area contributed by atoms with Crippen molar-refractivity contribution < 1.29 is 16.8 Å². The number of pyridine rings is 2. The van der Waals surface area contributed by atoms with Crippen molar-refractivity contribution in [2.24, 2.45) is 0 Å². The molecule has 44 heavy (non-hydrogen) atoms. The Labute approximate surface area is 272 Å². The van der Waals surface area contributed by atoms with Gasteiger partial charge in [-0.25, -0.2) is 16.8 Å². The first-order valence-corrected chi connectivity index (χ1v) is 17.8. The molecule has 0 spiro atoms. The molecule has 0 atom stereocenters. The lowest BCUT2D eigenvalue weighted by Gasteiger charge is -2.17. The van der Waals surface area contributed by atoms with E-state index in [-0.39, 0.29) is 19.6 Å². The molecule has 0 amide bonds. The Hall–Kier alpha value is -3.96.